The molecule has 1 atom stereocenters. The average molecular weight is 291 g/mol. The predicted octanol–water partition coefficient (Wildman–Crippen LogP) is 0.952. The predicted molar refractivity (Wildman–Crippen MR) is 73.5 cm³/mol. The molecule has 1 aliphatic rings. The Labute approximate surface area is 120 Å². The molecule has 0 spiro atoms. The quantitative estimate of drug-likeness (QED) is 0.859. The van der Waals surface area contributed by atoms with Gasteiger partial charge in [-0.2, -0.15) is 17.0 Å². The number of carbonyl (C=O) groups excluding carboxylic acids is 1. The molecule has 7 heteroatoms. The van der Waals surface area contributed by atoms with E-state index in [1.54, 1.807) is 6.92 Å². The van der Waals surface area contributed by atoms with Crippen molar-refractivity contribution in [3.63, 3.8) is 0 Å². The molecule has 20 heavy (non-hydrogen) atoms. The third-order valence-electron chi connectivity index (χ3n) is 3.22. The van der Waals surface area contributed by atoms with E-state index in [1.165, 1.54) is 23.9 Å². The number of nitrogens with zero attached hydrogens (tertiary/aromatic N) is 2. The standard InChI is InChI=1S/C13H13N3O3S/c1-8-9(6-14)2-3-10(15-8)11(17)16-13(12(18)19)4-5-20-7-13/h2-3H,4-5,7H2,1H3,(H,16,17)(H,18,19)/t13-/m0/s1. The van der Waals surface area contributed by atoms with Gasteiger partial charge in [-0.1, -0.05) is 0 Å². The Bertz CT molecular complexity index is 603. The molecule has 6 nitrogen and oxygen atoms in total. The minimum atomic E-state index is -1.22. The van der Waals surface area contributed by atoms with E-state index in [1.807, 2.05) is 6.07 Å². The summed E-state index contributed by atoms with van der Waals surface area (Å²) in [4.78, 5) is 27.5. The van der Waals surface area contributed by atoms with Gasteiger partial charge in [-0.25, -0.2) is 9.78 Å². The zero-order valence-corrected chi connectivity index (χ0v) is 11.7. The number of thioether (sulfide) groups is 1. The summed E-state index contributed by atoms with van der Waals surface area (Å²) < 4.78 is 0. The summed E-state index contributed by atoms with van der Waals surface area (Å²) in [6.45, 7) is 1.63. The van der Waals surface area contributed by atoms with E-state index in [0.29, 0.717) is 29.2 Å². The number of pyridine rings is 1. The van der Waals surface area contributed by atoms with Gasteiger partial charge in [0.1, 0.15) is 17.3 Å². The van der Waals surface area contributed by atoms with Crippen LogP contribution in [0.15, 0.2) is 12.1 Å². The number of carboxylic acids is 1. The van der Waals surface area contributed by atoms with E-state index >= 15 is 0 Å². The van der Waals surface area contributed by atoms with E-state index in [9.17, 15) is 14.7 Å². The van der Waals surface area contributed by atoms with Crippen molar-refractivity contribution in [2.75, 3.05) is 11.5 Å². The number of aryl methyl sites for hydroxylation is 1. The number of carbonyl (C=O) groups is 2. The van der Waals surface area contributed by atoms with Gasteiger partial charge in [-0.3, -0.25) is 4.79 Å². The van der Waals surface area contributed by atoms with Crippen LogP contribution < -0.4 is 5.32 Å². The Balaban J connectivity index is 2.22. The van der Waals surface area contributed by atoms with E-state index in [4.69, 9.17) is 5.26 Å². The van der Waals surface area contributed by atoms with E-state index in [2.05, 4.69) is 10.3 Å². The number of nitriles is 1. The molecule has 0 saturated carbocycles. The largest absolute Gasteiger partial charge is 0.479 e. The molecule has 0 aromatic carbocycles. The van der Waals surface area contributed by atoms with Crippen LogP contribution in [0.2, 0.25) is 0 Å². The molecule has 0 aliphatic carbocycles. The van der Waals surface area contributed by atoms with Gasteiger partial charge in [0.05, 0.1) is 11.3 Å². The Morgan fingerprint density at radius 2 is 2.30 bits per heavy atom. The number of rotatable bonds is 3. The zero-order valence-electron chi connectivity index (χ0n) is 10.8. The minimum Gasteiger partial charge on any atom is -0.479 e. The summed E-state index contributed by atoms with van der Waals surface area (Å²) in [5, 5.41) is 20.7. The molecular formula is C13H13N3O3S. The number of nitrogens with one attached hydrogen (secondary N) is 1. The summed E-state index contributed by atoms with van der Waals surface area (Å²) in [5.41, 5.74) is -0.249. The smallest absolute Gasteiger partial charge is 0.330 e. The van der Waals surface area contributed by atoms with Crippen LogP contribution in [0.4, 0.5) is 0 Å². The van der Waals surface area contributed by atoms with Crippen molar-refractivity contribution in [3.05, 3.63) is 29.1 Å². The van der Waals surface area contributed by atoms with Crippen LogP contribution in [0.5, 0.6) is 0 Å². The average Bonchev–Trinajstić information content (AvgIpc) is 2.88. The number of hydrogen-bond acceptors (Lipinski definition) is 5. The number of aliphatic carboxylic acids is 1. The zero-order chi connectivity index (χ0) is 14.8. The minimum absolute atomic E-state index is 0.124. The first-order valence-electron chi connectivity index (χ1n) is 6.00. The van der Waals surface area contributed by atoms with Crippen LogP contribution >= 0.6 is 11.8 Å². The Hall–Kier alpha value is -2.07. The molecule has 104 valence electrons. The fourth-order valence-corrected chi connectivity index (χ4v) is 3.30. The van der Waals surface area contributed by atoms with E-state index in [-0.39, 0.29) is 5.69 Å². The molecule has 0 bridgehead atoms. The van der Waals surface area contributed by atoms with Gasteiger partial charge in [0.2, 0.25) is 0 Å². The van der Waals surface area contributed by atoms with Crippen molar-refractivity contribution in [2.45, 2.75) is 18.9 Å². The number of aromatic nitrogens is 1. The first kappa shape index (κ1) is 14.3. The fourth-order valence-electron chi connectivity index (χ4n) is 1.97. The lowest BCUT2D eigenvalue weighted by molar-refractivity contribution is -0.143. The normalized spacial score (nSPS) is 21.2. The molecule has 1 aromatic rings. The summed E-state index contributed by atoms with van der Waals surface area (Å²) in [7, 11) is 0. The molecule has 0 unspecified atom stereocenters. The van der Waals surface area contributed by atoms with Gasteiger partial charge in [-0.15, -0.1) is 0 Å². The third-order valence-corrected chi connectivity index (χ3v) is 4.41. The van der Waals surface area contributed by atoms with Crippen molar-refractivity contribution in [3.8, 4) is 6.07 Å². The third kappa shape index (κ3) is 2.60. The second-order valence-electron chi connectivity index (χ2n) is 4.59. The molecule has 1 aliphatic heterocycles. The lowest BCUT2D eigenvalue weighted by Crippen LogP contribution is -2.54. The van der Waals surface area contributed by atoms with Crippen LogP contribution in [-0.4, -0.2) is 39.0 Å². The lowest BCUT2D eigenvalue weighted by atomic mass is 9.99. The van der Waals surface area contributed by atoms with Gasteiger partial charge in [0, 0.05) is 5.75 Å². The first-order chi connectivity index (χ1) is 9.48. The second-order valence-corrected chi connectivity index (χ2v) is 5.69. The van der Waals surface area contributed by atoms with Crippen molar-refractivity contribution >= 4 is 23.6 Å². The van der Waals surface area contributed by atoms with Crippen molar-refractivity contribution in [2.24, 2.45) is 0 Å². The number of carboxylic acid groups (broad SMARTS) is 1. The lowest BCUT2D eigenvalue weighted by Gasteiger charge is -2.24. The number of hydrogen-bond donors (Lipinski definition) is 2. The Kier molecular flexibility index (Phi) is 3.95. The molecule has 1 saturated heterocycles. The molecule has 1 aromatic heterocycles. The summed E-state index contributed by atoms with van der Waals surface area (Å²) in [6, 6.07) is 4.91. The highest BCUT2D eigenvalue weighted by Crippen LogP contribution is 2.28. The van der Waals surface area contributed by atoms with Gasteiger partial charge in [0.25, 0.3) is 5.91 Å². The number of amides is 1. The van der Waals surface area contributed by atoms with Crippen LogP contribution in [0.1, 0.15) is 28.2 Å². The molecule has 1 fully saturated rings. The van der Waals surface area contributed by atoms with Gasteiger partial charge in [-0.05, 0) is 31.2 Å². The molecule has 1 amide bonds. The van der Waals surface area contributed by atoms with E-state index in [0.717, 1.165) is 0 Å². The van der Waals surface area contributed by atoms with Crippen LogP contribution in [-0.2, 0) is 4.79 Å². The van der Waals surface area contributed by atoms with Crippen molar-refractivity contribution < 1.29 is 14.7 Å². The molecule has 2 N–H and O–H groups in total. The highest BCUT2D eigenvalue weighted by molar-refractivity contribution is 7.99. The van der Waals surface area contributed by atoms with Crippen LogP contribution in [0.25, 0.3) is 0 Å². The van der Waals surface area contributed by atoms with Crippen molar-refractivity contribution in [1.82, 2.24) is 10.3 Å². The maximum absolute atomic E-state index is 12.1. The first-order valence-corrected chi connectivity index (χ1v) is 7.15. The molecule has 2 heterocycles. The molecule has 2 rings (SSSR count). The molecular weight excluding hydrogens is 278 g/mol. The summed E-state index contributed by atoms with van der Waals surface area (Å²) in [6.07, 6.45) is 0.397. The van der Waals surface area contributed by atoms with Crippen molar-refractivity contribution in [1.29, 1.82) is 5.26 Å². The van der Waals surface area contributed by atoms with Gasteiger partial charge in [0.15, 0.2) is 0 Å². The highest BCUT2D eigenvalue weighted by Gasteiger charge is 2.43. The summed E-state index contributed by atoms with van der Waals surface area (Å²) >= 11 is 1.50. The maximum Gasteiger partial charge on any atom is 0.330 e. The Morgan fingerprint density at radius 3 is 2.80 bits per heavy atom. The maximum atomic E-state index is 12.1. The van der Waals surface area contributed by atoms with Gasteiger partial charge >= 0.3 is 5.97 Å². The van der Waals surface area contributed by atoms with Crippen LogP contribution in [0, 0.1) is 18.3 Å². The Morgan fingerprint density at radius 1 is 1.55 bits per heavy atom. The van der Waals surface area contributed by atoms with E-state index < -0.39 is 17.4 Å². The summed E-state index contributed by atoms with van der Waals surface area (Å²) in [5.74, 6) is -0.501. The topological polar surface area (TPSA) is 103 Å². The van der Waals surface area contributed by atoms with Gasteiger partial charge < -0.3 is 10.4 Å². The molecule has 0 radical (unpaired) electrons. The monoisotopic (exact) mass is 291 g/mol. The SMILES string of the molecule is Cc1nc(C(=O)N[C@@]2(C(=O)O)CCSC2)ccc1C#N. The second kappa shape index (κ2) is 5.51. The highest BCUT2D eigenvalue weighted by atomic mass is 32.2. The fraction of sp³-hybridized carbons (Fsp3) is 0.385. The van der Waals surface area contributed by atoms with Crippen LogP contribution in [0.3, 0.4) is 0 Å².